The van der Waals surface area contributed by atoms with Crippen molar-refractivity contribution in [1.82, 2.24) is 24.9 Å². The maximum atomic E-state index is 12.6. The number of benzene rings is 2. The summed E-state index contributed by atoms with van der Waals surface area (Å²) in [6.07, 6.45) is 4.81. The topological polar surface area (TPSA) is 98.7 Å². The Morgan fingerprint density at radius 1 is 1.06 bits per heavy atom. The molecular formula is C24H22Cl2N6O2. The number of amides is 1. The smallest absolute Gasteiger partial charge is 0.227 e. The quantitative estimate of drug-likeness (QED) is 0.372. The minimum absolute atomic E-state index is 0.167. The molecule has 174 valence electrons. The zero-order valence-corrected chi connectivity index (χ0v) is 19.8. The summed E-state index contributed by atoms with van der Waals surface area (Å²) in [6, 6.07) is 12.5. The lowest BCUT2D eigenvalue weighted by molar-refractivity contribution is -0.116. The predicted molar refractivity (Wildman–Crippen MR) is 130 cm³/mol. The highest BCUT2D eigenvalue weighted by Gasteiger charge is 2.19. The third-order valence-corrected chi connectivity index (χ3v) is 6.32. The number of hydrogen-bond donors (Lipinski definition) is 1. The van der Waals surface area contributed by atoms with Crippen molar-refractivity contribution in [2.24, 2.45) is 0 Å². The van der Waals surface area contributed by atoms with Gasteiger partial charge in [-0.3, -0.25) is 4.79 Å². The van der Waals surface area contributed by atoms with E-state index < -0.39 is 0 Å². The van der Waals surface area contributed by atoms with Crippen LogP contribution in [0, 0.1) is 0 Å². The maximum absolute atomic E-state index is 12.6. The van der Waals surface area contributed by atoms with Crippen LogP contribution in [0.25, 0.3) is 22.8 Å². The first kappa shape index (κ1) is 22.6. The molecule has 2 aromatic heterocycles. The molecule has 0 radical (unpaired) electrons. The average molecular weight is 497 g/mol. The SMILES string of the molecule is O=C(CCc1nc(-c2ccc(Cl)cc2)no1)Nc1ccc(Cl)c(-c2nnc3n2CCCCC3)c1. The molecule has 0 bridgehead atoms. The van der Waals surface area contributed by atoms with Crippen molar-refractivity contribution >= 4 is 34.8 Å². The lowest BCUT2D eigenvalue weighted by Crippen LogP contribution is -2.12. The van der Waals surface area contributed by atoms with Crippen molar-refractivity contribution in [3.05, 3.63) is 64.2 Å². The zero-order valence-electron chi connectivity index (χ0n) is 18.3. The van der Waals surface area contributed by atoms with E-state index >= 15 is 0 Å². The fourth-order valence-corrected chi connectivity index (χ4v) is 4.30. The molecule has 1 aliphatic rings. The number of halogens is 2. The van der Waals surface area contributed by atoms with Gasteiger partial charge in [0.1, 0.15) is 5.82 Å². The summed E-state index contributed by atoms with van der Waals surface area (Å²) >= 11 is 12.4. The largest absolute Gasteiger partial charge is 0.339 e. The maximum Gasteiger partial charge on any atom is 0.227 e. The van der Waals surface area contributed by atoms with Crippen molar-refractivity contribution < 1.29 is 9.32 Å². The first-order valence-electron chi connectivity index (χ1n) is 11.2. The number of hydrogen-bond acceptors (Lipinski definition) is 6. The third-order valence-electron chi connectivity index (χ3n) is 5.74. The molecule has 0 saturated carbocycles. The van der Waals surface area contributed by atoms with E-state index in [9.17, 15) is 4.79 Å². The normalized spacial score (nSPS) is 13.4. The van der Waals surface area contributed by atoms with E-state index in [2.05, 4.69) is 30.2 Å². The summed E-state index contributed by atoms with van der Waals surface area (Å²) in [5.41, 5.74) is 2.19. The average Bonchev–Trinajstić information content (AvgIpc) is 3.40. The molecule has 10 heteroatoms. The van der Waals surface area contributed by atoms with Gasteiger partial charge in [-0.15, -0.1) is 10.2 Å². The third kappa shape index (κ3) is 4.98. The number of aryl methyl sites for hydroxylation is 2. The van der Waals surface area contributed by atoms with Crippen LogP contribution in [0.5, 0.6) is 0 Å². The molecule has 0 aliphatic carbocycles. The summed E-state index contributed by atoms with van der Waals surface area (Å²) in [6.45, 7) is 0.868. The summed E-state index contributed by atoms with van der Waals surface area (Å²) in [5, 5.41) is 16.8. The zero-order chi connectivity index (χ0) is 23.5. The van der Waals surface area contributed by atoms with Crippen LogP contribution >= 0.6 is 23.2 Å². The Labute approximate surface area is 206 Å². The molecule has 3 heterocycles. The van der Waals surface area contributed by atoms with Crippen LogP contribution in [0.3, 0.4) is 0 Å². The van der Waals surface area contributed by atoms with Crippen LogP contribution in [0.1, 0.15) is 37.4 Å². The number of rotatable bonds is 6. The molecule has 0 spiro atoms. The van der Waals surface area contributed by atoms with E-state index in [0.717, 1.165) is 48.6 Å². The van der Waals surface area contributed by atoms with E-state index in [0.29, 0.717) is 33.9 Å². The lowest BCUT2D eigenvalue weighted by atomic mass is 10.1. The van der Waals surface area contributed by atoms with Gasteiger partial charge in [0.25, 0.3) is 0 Å². The molecule has 1 amide bonds. The van der Waals surface area contributed by atoms with Gasteiger partial charge in [0, 0.05) is 47.6 Å². The van der Waals surface area contributed by atoms with Gasteiger partial charge in [0.2, 0.25) is 17.6 Å². The second-order valence-corrected chi connectivity index (χ2v) is 9.01. The second kappa shape index (κ2) is 9.95. The van der Waals surface area contributed by atoms with Gasteiger partial charge in [-0.2, -0.15) is 4.98 Å². The number of nitrogens with one attached hydrogen (secondary N) is 1. The second-order valence-electron chi connectivity index (χ2n) is 8.16. The van der Waals surface area contributed by atoms with Crippen molar-refractivity contribution in [3.8, 4) is 22.8 Å². The molecule has 1 N–H and O–H groups in total. The molecule has 8 nitrogen and oxygen atoms in total. The highest BCUT2D eigenvalue weighted by Crippen LogP contribution is 2.31. The van der Waals surface area contributed by atoms with Crippen LogP contribution in [-0.2, 0) is 24.2 Å². The number of nitrogens with zero attached hydrogens (tertiary/aromatic N) is 5. The molecule has 0 saturated heterocycles. The number of anilines is 1. The van der Waals surface area contributed by atoms with Crippen molar-refractivity contribution in [1.29, 1.82) is 0 Å². The number of carbonyl (C=O) groups excluding carboxylic acids is 1. The lowest BCUT2D eigenvalue weighted by Gasteiger charge is -2.11. The number of fused-ring (bicyclic) bond motifs is 1. The van der Waals surface area contributed by atoms with Crippen LogP contribution in [0.4, 0.5) is 5.69 Å². The number of carbonyl (C=O) groups is 1. The van der Waals surface area contributed by atoms with E-state index in [1.165, 1.54) is 6.42 Å². The van der Waals surface area contributed by atoms with E-state index in [1.54, 1.807) is 24.3 Å². The molecule has 34 heavy (non-hydrogen) atoms. The minimum Gasteiger partial charge on any atom is -0.339 e. The number of aromatic nitrogens is 5. The summed E-state index contributed by atoms with van der Waals surface area (Å²) in [4.78, 5) is 16.9. The Bertz CT molecular complexity index is 1320. The molecule has 1 aliphatic heterocycles. The molecule has 0 atom stereocenters. The van der Waals surface area contributed by atoms with Crippen LogP contribution < -0.4 is 5.32 Å². The molecule has 4 aromatic rings. The molecule has 0 unspecified atom stereocenters. The van der Waals surface area contributed by atoms with Gasteiger partial charge < -0.3 is 14.4 Å². The van der Waals surface area contributed by atoms with Gasteiger partial charge in [-0.25, -0.2) is 0 Å². The molecule has 5 rings (SSSR count). The fourth-order valence-electron chi connectivity index (χ4n) is 3.98. The summed E-state index contributed by atoms with van der Waals surface area (Å²) in [5.74, 6) is 2.40. The predicted octanol–water partition coefficient (Wildman–Crippen LogP) is 5.60. The Balaban J connectivity index is 1.24. The minimum atomic E-state index is -0.167. The van der Waals surface area contributed by atoms with E-state index in [-0.39, 0.29) is 12.3 Å². The van der Waals surface area contributed by atoms with Crippen LogP contribution in [0.2, 0.25) is 10.0 Å². The van der Waals surface area contributed by atoms with Crippen molar-refractivity contribution in [3.63, 3.8) is 0 Å². The van der Waals surface area contributed by atoms with Gasteiger partial charge in [-0.1, -0.05) is 34.8 Å². The van der Waals surface area contributed by atoms with Crippen molar-refractivity contribution in [2.75, 3.05) is 5.32 Å². The Hall–Kier alpha value is -3.23. The van der Waals surface area contributed by atoms with Crippen LogP contribution in [0.15, 0.2) is 47.0 Å². The highest BCUT2D eigenvalue weighted by molar-refractivity contribution is 6.33. The van der Waals surface area contributed by atoms with Crippen molar-refractivity contribution in [2.45, 2.75) is 45.1 Å². The Morgan fingerprint density at radius 3 is 2.76 bits per heavy atom. The molecule has 0 fully saturated rings. The van der Waals surface area contributed by atoms with Gasteiger partial charge >= 0.3 is 0 Å². The summed E-state index contributed by atoms with van der Waals surface area (Å²) < 4.78 is 7.42. The van der Waals surface area contributed by atoms with Gasteiger partial charge in [0.15, 0.2) is 5.82 Å². The Morgan fingerprint density at radius 2 is 1.91 bits per heavy atom. The fraction of sp³-hybridized carbons (Fsp3) is 0.292. The first-order chi connectivity index (χ1) is 16.6. The van der Waals surface area contributed by atoms with E-state index in [4.69, 9.17) is 27.7 Å². The highest BCUT2D eigenvalue weighted by atomic mass is 35.5. The van der Waals surface area contributed by atoms with E-state index in [1.807, 2.05) is 18.2 Å². The monoisotopic (exact) mass is 496 g/mol. The summed E-state index contributed by atoms with van der Waals surface area (Å²) in [7, 11) is 0. The van der Waals surface area contributed by atoms with Crippen LogP contribution in [-0.4, -0.2) is 30.8 Å². The standard InChI is InChI=1S/C24H22Cl2N6O2/c25-16-7-5-15(6-8-16)23-28-22(34-31-23)12-11-21(33)27-17-9-10-19(26)18(14-17)24-30-29-20-4-2-1-3-13-32(20)24/h5-10,14H,1-4,11-13H2,(H,27,33). The van der Waals surface area contributed by atoms with Gasteiger partial charge in [-0.05, 0) is 55.3 Å². The molecular weight excluding hydrogens is 475 g/mol. The molecule has 2 aromatic carbocycles. The first-order valence-corrected chi connectivity index (χ1v) is 11.9. The van der Waals surface area contributed by atoms with Gasteiger partial charge in [0.05, 0.1) is 5.02 Å². The Kier molecular flexibility index (Phi) is 6.60.